The highest BCUT2D eigenvalue weighted by Crippen LogP contribution is 2.18. The molecule has 0 radical (unpaired) electrons. The van der Waals surface area contributed by atoms with E-state index in [9.17, 15) is 0 Å². The Bertz CT molecular complexity index is 771. The summed E-state index contributed by atoms with van der Waals surface area (Å²) in [6.07, 6.45) is 6.30. The largest absolute Gasteiger partial charge is 0.361 e. The summed E-state index contributed by atoms with van der Waals surface area (Å²) in [6, 6.07) is 16.4. The molecule has 0 aliphatic heterocycles. The quantitative estimate of drug-likeness (QED) is 0.705. The first kappa shape index (κ1) is 14.9. The number of nitrogens with zero attached hydrogens (tertiary/aromatic N) is 1. The number of aromatic nitrogens is 1. The topological polar surface area (TPSA) is 19.0 Å². The number of nitrogens with one attached hydrogen (secondary N) is 1. The number of hydrogen-bond donors (Lipinski definition) is 1. The normalized spacial score (nSPS) is 11.8. The van der Waals surface area contributed by atoms with E-state index >= 15 is 0 Å². The maximum absolute atomic E-state index is 5.89. The van der Waals surface area contributed by atoms with Crippen LogP contribution in [-0.2, 0) is 6.54 Å². The van der Waals surface area contributed by atoms with Gasteiger partial charge in [0, 0.05) is 29.8 Å². The maximum Gasteiger partial charge on any atom is 0.0499 e. The van der Waals surface area contributed by atoms with Crippen molar-refractivity contribution in [1.29, 1.82) is 0 Å². The van der Waals surface area contributed by atoms with Crippen LogP contribution in [0.15, 0.2) is 60.8 Å². The molecule has 22 heavy (non-hydrogen) atoms. The van der Waals surface area contributed by atoms with Gasteiger partial charge in [0.05, 0.1) is 0 Å². The lowest BCUT2D eigenvalue weighted by Gasteiger charge is -2.15. The summed E-state index contributed by atoms with van der Waals surface area (Å²) in [5.74, 6) is 0. The summed E-state index contributed by atoms with van der Waals surface area (Å²) in [5, 5.41) is 2.04. The van der Waals surface area contributed by atoms with Crippen molar-refractivity contribution in [1.82, 2.24) is 9.88 Å². The summed E-state index contributed by atoms with van der Waals surface area (Å²) < 4.78 is 0. The molecular formula is C19H19ClN2. The van der Waals surface area contributed by atoms with E-state index in [0.717, 1.165) is 18.1 Å². The summed E-state index contributed by atoms with van der Waals surface area (Å²) in [4.78, 5) is 5.62. The Morgan fingerprint density at radius 3 is 2.73 bits per heavy atom. The van der Waals surface area contributed by atoms with E-state index < -0.39 is 0 Å². The van der Waals surface area contributed by atoms with E-state index in [1.54, 1.807) is 0 Å². The van der Waals surface area contributed by atoms with Crippen LogP contribution in [0.4, 0.5) is 0 Å². The second kappa shape index (κ2) is 6.82. The van der Waals surface area contributed by atoms with Crippen molar-refractivity contribution in [3.05, 3.63) is 77.0 Å². The standard InChI is InChI=1S/C19H19ClN2/c1-22(13-3-4-15-7-9-18(20)10-8-15)14-17-6-2-5-16-11-12-21-19(16)17/h2-12,21H,13-14H2,1H3/b4-3+. The van der Waals surface area contributed by atoms with Crippen molar-refractivity contribution in [2.24, 2.45) is 0 Å². The van der Waals surface area contributed by atoms with Gasteiger partial charge in [0.25, 0.3) is 0 Å². The number of H-pyrrole nitrogens is 1. The van der Waals surface area contributed by atoms with E-state index in [4.69, 9.17) is 11.6 Å². The predicted octanol–water partition coefficient (Wildman–Crippen LogP) is 4.97. The molecule has 1 N–H and O–H groups in total. The molecule has 0 amide bonds. The molecule has 0 spiro atoms. The monoisotopic (exact) mass is 310 g/mol. The van der Waals surface area contributed by atoms with Crippen LogP contribution in [0.3, 0.4) is 0 Å². The molecular weight excluding hydrogens is 292 g/mol. The summed E-state index contributed by atoms with van der Waals surface area (Å²) >= 11 is 5.89. The van der Waals surface area contributed by atoms with Crippen molar-refractivity contribution in [3.8, 4) is 0 Å². The van der Waals surface area contributed by atoms with Gasteiger partial charge in [-0.15, -0.1) is 0 Å². The number of fused-ring (bicyclic) bond motifs is 1. The molecule has 3 rings (SSSR count). The van der Waals surface area contributed by atoms with E-state index in [-0.39, 0.29) is 0 Å². The average molecular weight is 311 g/mol. The number of aromatic amines is 1. The minimum Gasteiger partial charge on any atom is -0.361 e. The van der Waals surface area contributed by atoms with Crippen LogP contribution in [0.2, 0.25) is 5.02 Å². The summed E-state index contributed by atoms with van der Waals surface area (Å²) in [6.45, 7) is 1.82. The van der Waals surface area contributed by atoms with Crippen molar-refractivity contribution < 1.29 is 0 Å². The Morgan fingerprint density at radius 1 is 1.09 bits per heavy atom. The minimum atomic E-state index is 0.772. The summed E-state index contributed by atoms with van der Waals surface area (Å²) in [5.41, 5.74) is 3.73. The molecule has 0 atom stereocenters. The molecule has 0 aliphatic carbocycles. The highest BCUT2D eigenvalue weighted by Gasteiger charge is 2.04. The predicted molar refractivity (Wildman–Crippen MR) is 95.1 cm³/mol. The molecule has 3 aromatic rings. The highest BCUT2D eigenvalue weighted by atomic mass is 35.5. The van der Waals surface area contributed by atoms with Crippen LogP contribution < -0.4 is 0 Å². The highest BCUT2D eigenvalue weighted by molar-refractivity contribution is 6.30. The molecule has 1 aromatic heterocycles. The lowest BCUT2D eigenvalue weighted by atomic mass is 10.1. The number of rotatable bonds is 5. The van der Waals surface area contributed by atoms with Gasteiger partial charge in [-0.05, 0) is 41.8 Å². The van der Waals surface area contributed by atoms with Gasteiger partial charge in [-0.25, -0.2) is 0 Å². The molecule has 1 heterocycles. The van der Waals surface area contributed by atoms with Crippen molar-refractivity contribution in [2.75, 3.05) is 13.6 Å². The van der Waals surface area contributed by atoms with E-state index in [1.807, 2.05) is 30.5 Å². The minimum absolute atomic E-state index is 0.772. The fourth-order valence-corrected chi connectivity index (χ4v) is 2.71. The van der Waals surface area contributed by atoms with Crippen LogP contribution in [-0.4, -0.2) is 23.5 Å². The third-order valence-electron chi connectivity index (χ3n) is 3.71. The Morgan fingerprint density at radius 2 is 1.91 bits per heavy atom. The molecule has 0 saturated heterocycles. The molecule has 2 nitrogen and oxygen atoms in total. The van der Waals surface area contributed by atoms with Crippen LogP contribution in [0.1, 0.15) is 11.1 Å². The first-order chi connectivity index (χ1) is 10.7. The molecule has 0 aliphatic rings. The molecule has 2 aromatic carbocycles. The van der Waals surface area contributed by atoms with Crippen molar-refractivity contribution >= 4 is 28.6 Å². The lowest BCUT2D eigenvalue weighted by Crippen LogP contribution is -2.17. The first-order valence-electron chi connectivity index (χ1n) is 7.38. The van der Waals surface area contributed by atoms with Gasteiger partial charge >= 0.3 is 0 Å². The van der Waals surface area contributed by atoms with Crippen molar-refractivity contribution in [3.63, 3.8) is 0 Å². The zero-order valence-electron chi connectivity index (χ0n) is 12.6. The fourth-order valence-electron chi connectivity index (χ4n) is 2.58. The Kier molecular flexibility index (Phi) is 4.62. The molecule has 0 unspecified atom stereocenters. The van der Waals surface area contributed by atoms with Gasteiger partial charge in [-0.2, -0.15) is 0 Å². The van der Waals surface area contributed by atoms with Crippen LogP contribution >= 0.6 is 11.6 Å². The average Bonchev–Trinajstić information content (AvgIpc) is 2.99. The lowest BCUT2D eigenvalue weighted by molar-refractivity contribution is 0.365. The van der Waals surface area contributed by atoms with Crippen LogP contribution in [0.25, 0.3) is 17.0 Å². The van der Waals surface area contributed by atoms with Gasteiger partial charge in [0.2, 0.25) is 0 Å². The van der Waals surface area contributed by atoms with E-state index in [1.165, 1.54) is 22.0 Å². The van der Waals surface area contributed by atoms with Crippen LogP contribution in [0, 0.1) is 0 Å². The van der Waals surface area contributed by atoms with E-state index in [2.05, 4.69) is 53.3 Å². The van der Waals surface area contributed by atoms with Crippen LogP contribution in [0.5, 0.6) is 0 Å². The Labute approximate surface area is 136 Å². The SMILES string of the molecule is CN(C/C=C/c1ccc(Cl)cc1)Cc1cccc2cc[nH]c12. The molecule has 0 bridgehead atoms. The Hall–Kier alpha value is -2.03. The van der Waals surface area contributed by atoms with Gasteiger partial charge in [-0.3, -0.25) is 4.90 Å². The van der Waals surface area contributed by atoms with Gasteiger partial charge in [-0.1, -0.05) is 54.1 Å². The molecule has 112 valence electrons. The number of likely N-dealkylation sites (N-methyl/N-ethyl adjacent to an activating group) is 1. The number of hydrogen-bond acceptors (Lipinski definition) is 1. The molecule has 0 saturated carbocycles. The molecule has 0 fully saturated rings. The third-order valence-corrected chi connectivity index (χ3v) is 3.96. The fraction of sp³-hybridized carbons (Fsp3) is 0.158. The zero-order valence-corrected chi connectivity index (χ0v) is 13.3. The van der Waals surface area contributed by atoms with E-state index in [0.29, 0.717) is 0 Å². The first-order valence-corrected chi connectivity index (χ1v) is 7.76. The zero-order chi connectivity index (χ0) is 15.4. The van der Waals surface area contributed by atoms with Gasteiger partial charge in [0.1, 0.15) is 0 Å². The Balaban J connectivity index is 1.61. The summed E-state index contributed by atoms with van der Waals surface area (Å²) in [7, 11) is 2.13. The second-order valence-corrected chi connectivity index (χ2v) is 5.95. The molecule has 3 heteroatoms. The third kappa shape index (κ3) is 3.59. The number of para-hydroxylation sites is 1. The smallest absolute Gasteiger partial charge is 0.0499 e. The van der Waals surface area contributed by atoms with Gasteiger partial charge < -0.3 is 4.98 Å². The second-order valence-electron chi connectivity index (χ2n) is 5.51. The maximum atomic E-state index is 5.89. The number of benzene rings is 2. The van der Waals surface area contributed by atoms with Gasteiger partial charge in [0.15, 0.2) is 0 Å². The number of halogens is 1. The van der Waals surface area contributed by atoms with Crippen molar-refractivity contribution in [2.45, 2.75) is 6.54 Å².